The lowest BCUT2D eigenvalue weighted by Crippen LogP contribution is -3.08. The van der Waals surface area contributed by atoms with Crippen molar-refractivity contribution in [3.05, 3.63) is 62.1 Å². The molecular weight excluding hydrogens is 381 g/mol. The van der Waals surface area contributed by atoms with Crippen LogP contribution in [0.4, 0.5) is 11.4 Å². The van der Waals surface area contributed by atoms with Crippen molar-refractivity contribution < 1.29 is 19.4 Å². The Morgan fingerprint density at radius 2 is 1.88 bits per heavy atom. The van der Waals surface area contributed by atoms with Crippen LogP contribution in [0, 0.1) is 10.1 Å². The van der Waals surface area contributed by atoms with E-state index in [4.69, 9.17) is 27.9 Å². The number of rotatable bonds is 7. The molecule has 26 heavy (non-hydrogen) atoms. The smallest absolute Gasteiger partial charge is 0.294 e. The molecule has 1 unspecified atom stereocenters. The standard InChI is InChI=1S/C17H17Cl2N3O4/c1-21(9-11-7-12(18)4-6-16(11)26-2)10-17(23)20-14-5-3-13(19)8-15(14)22(24)25/h3-8H,9-10H2,1-2H3,(H,20,23)/p+1. The Labute approximate surface area is 160 Å². The van der Waals surface area contributed by atoms with Crippen LogP contribution in [0.1, 0.15) is 5.56 Å². The number of carbonyl (C=O) groups is 1. The summed E-state index contributed by atoms with van der Waals surface area (Å²) in [7, 11) is 3.39. The van der Waals surface area contributed by atoms with Gasteiger partial charge in [-0.15, -0.1) is 0 Å². The van der Waals surface area contributed by atoms with E-state index in [2.05, 4.69) is 5.32 Å². The molecule has 0 bridgehead atoms. The molecular formula is C17H18Cl2N3O4+. The first kappa shape index (κ1) is 20.0. The van der Waals surface area contributed by atoms with Gasteiger partial charge in [-0.25, -0.2) is 0 Å². The SMILES string of the molecule is COc1ccc(Cl)cc1C[NH+](C)CC(=O)Nc1ccc(Cl)cc1[N+](=O)[O-]. The maximum atomic E-state index is 12.2. The number of nitrogens with one attached hydrogen (secondary N) is 2. The Bertz CT molecular complexity index is 830. The molecule has 0 heterocycles. The third kappa shape index (κ3) is 5.32. The number of ether oxygens (including phenoxy) is 1. The lowest BCUT2D eigenvalue weighted by atomic mass is 10.2. The van der Waals surface area contributed by atoms with Crippen LogP contribution in [0.15, 0.2) is 36.4 Å². The maximum Gasteiger partial charge on any atom is 0.294 e. The molecule has 0 aliphatic rings. The summed E-state index contributed by atoms with van der Waals surface area (Å²) in [6, 6.07) is 9.37. The maximum absolute atomic E-state index is 12.2. The van der Waals surface area contributed by atoms with Gasteiger partial charge in [0.2, 0.25) is 0 Å². The van der Waals surface area contributed by atoms with Crippen molar-refractivity contribution >= 4 is 40.5 Å². The number of methoxy groups -OCH3 is 1. The average molecular weight is 399 g/mol. The first-order valence-electron chi connectivity index (χ1n) is 7.67. The lowest BCUT2D eigenvalue weighted by Gasteiger charge is -2.16. The quantitative estimate of drug-likeness (QED) is 0.554. The van der Waals surface area contributed by atoms with Gasteiger partial charge in [0, 0.05) is 21.7 Å². The Balaban J connectivity index is 2.04. The van der Waals surface area contributed by atoms with Crippen LogP contribution >= 0.6 is 23.2 Å². The normalized spacial score (nSPS) is 11.7. The first-order chi connectivity index (χ1) is 12.3. The Morgan fingerprint density at radius 1 is 1.23 bits per heavy atom. The van der Waals surface area contributed by atoms with Gasteiger partial charge in [-0.1, -0.05) is 23.2 Å². The molecule has 0 saturated heterocycles. The van der Waals surface area contributed by atoms with E-state index in [1.165, 1.54) is 18.2 Å². The number of nitro benzene ring substituents is 1. The summed E-state index contributed by atoms with van der Waals surface area (Å²) in [5, 5.41) is 14.4. The van der Waals surface area contributed by atoms with E-state index in [9.17, 15) is 14.9 Å². The molecule has 0 radical (unpaired) electrons. The number of carbonyl (C=O) groups excluding carboxylic acids is 1. The molecule has 0 aliphatic carbocycles. The highest BCUT2D eigenvalue weighted by molar-refractivity contribution is 6.31. The molecule has 0 spiro atoms. The number of hydrogen-bond acceptors (Lipinski definition) is 4. The molecule has 2 N–H and O–H groups in total. The molecule has 0 aliphatic heterocycles. The fourth-order valence-corrected chi connectivity index (χ4v) is 2.86. The van der Waals surface area contributed by atoms with Gasteiger partial charge < -0.3 is 15.0 Å². The van der Waals surface area contributed by atoms with Crippen LogP contribution in [-0.4, -0.2) is 31.5 Å². The Hall–Kier alpha value is -2.35. The molecule has 0 fully saturated rings. The van der Waals surface area contributed by atoms with Gasteiger partial charge in [-0.05, 0) is 30.3 Å². The number of quaternary nitrogens is 1. The van der Waals surface area contributed by atoms with E-state index in [0.29, 0.717) is 17.3 Å². The van der Waals surface area contributed by atoms with Crippen molar-refractivity contribution in [2.24, 2.45) is 0 Å². The summed E-state index contributed by atoms with van der Waals surface area (Å²) < 4.78 is 5.30. The number of nitrogens with zero attached hydrogens (tertiary/aromatic N) is 1. The zero-order valence-corrected chi connectivity index (χ0v) is 15.7. The first-order valence-corrected chi connectivity index (χ1v) is 8.43. The summed E-state index contributed by atoms with van der Waals surface area (Å²) in [6.07, 6.45) is 0. The molecule has 1 amide bonds. The second-order valence-corrected chi connectivity index (χ2v) is 6.61. The van der Waals surface area contributed by atoms with E-state index in [0.717, 1.165) is 10.5 Å². The predicted molar refractivity (Wildman–Crippen MR) is 100 cm³/mol. The fraction of sp³-hybridized carbons (Fsp3) is 0.235. The molecule has 0 aromatic heterocycles. The molecule has 2 rings (SSSR count). The monoisotopic (exact) mass is 398 g/mol. The van der Waals surface area contributed by atoms with Crippen LogP contribution in [0.3, 0.4) is 0 Å². The van der Waals surface area contributed by atoms with Crippen molar-refractivity contribution in [1.82, 2.24) is 0 Å². The van der Waals surface area contributed by atoms with Crippen LogP contribution < -0.4 is 15.0 Å². The molecule has 138 valence electrons. The van der Waals surface area contributed by atoms with Crippen LogP contribution in [0.25, 0.3) is 0 Å². The second kappa shape index (κ2) is 8.84. The van der Waals surface area contributed by atoms with Crippen LogP contribution in [-0.2, 0) is 11.3 Å². The number of hydrogen-bond donors (Lipinski definition) is 2. The van der Waals surface area contributed by atoms with Gasteiger partial charge in [0.1, 0.15) is 18.0 Å². The number of halogens is 2. The second-order valence-electron chi connectivity index (χ2n) is 5.73. The van der Waals surface area contributed by atoms with Crippen molar-refractivity contribution in [1.29, 1.82) is 0 Å². The molecule has 2 aromatic carbocycles. The van der Waals surface area contributed by atoms with E-state index >= 15 is 0 Å². The molecule has 2 aromatic rings. The van der Waals surface area contributed by atoms with Gasteiger partial charge in [0.25, 0.3) is 11.6 Å². The van der Waals surface area contributed by atoms with Crippen molar-refractivity contribution in [3.8, 4) is 5.75 Å². The zero-order valence-electron chi connectivity index (χ0n) is 14.2. The number of nitro groups is 1. The van der Waals surface area contributed by atoms with Crippen molar-refractivity contribution in [2.45, 2.75) is 6.54 Å². The molecule has 7 nitrogen and oxygen atoms in total. The number of anilines is 1. The number of benzene rings is 2. The van der Waals surface area contributed by atoms with Gasteiger partial charge >= 0.3 is 0 Å². The van der Waals surface area contributed by atoms with Crippen LogP contribution in [0.2, 0.25) is 10.0 Å². The predicted octanol–water partition coefficient (Wildman–Crippen LogP) is 2.56. The van der Waals surface area contributed by atoms with Gasteiger partial charge in [-0.2, -0.15) is 0 Å². The van der Waals surface area contributed by atoms with Crippen molar-refractivity contribution in [3.63, 3.8) is 0 Å². The fourth-order valence-electron chi connectivity index (χ4n) is 2.50. The number of likely N-dealkylation sites (N-methyl/N-ethyl adjacent to an activating group) is 1. The highest BCUT2D eigenvalue weighted by Gasteiger charge is 2.19. The average Bonchev–Trinajstić information content (AvgIpc) is 2.56. The third-order valence-electron chi connectivity index (χ3n) is 3.63. The summed E-state index contributed by atoms with van der Waals surface area (Å²) >= 11 is 11.8. The Kier molecular flexibility index (Phi) is 6.79. The topological polar surface area (TPSA) is 85.9 Å². The van der Waals surface area contributed by atoms with E-state index < -0.39 is 4.92 Å². The zero-order chi connectivity index (χ0) is 19.3. The van der Waals surface area contributed by atoms with E-state index in [-0.39, 0.29) is 28.8 Å². The lowest BCUT2D eigenvalue weighted by molar-refractivity contribution is -0.885. The summed E-state index contributed by atoms with van der Waals surface area (Å²) in [5.41, 5.74) is 0.723. The molecule has 0 saturated carbocycles. The van der Waals surface area contributed by atoms with Gasteiger partial charge in [0.15, 0.2) is 6.54 Å². The van der Waals surface area contributed by atoms with Gasteiger partial charge in [-0.3, -0.25) is 14.9 Å². The summed E-state index contributed by atoms with van der Waals surface area (Å²) in [6.45, 7) is 0.606. The number of amides is 1. The minimum Gasteiger partial charge on any atom is -0.496 e. The largest absolute Gasteiger partial charge is 0.496 e. The van der Waals surface area contributed by atoms with Crippen molar-refractivity contribution in [2.75, 3.05) is 26.0 Å². The Morgan fingerprint density at radius 3 is 2.54 bits per heavy atom. The summed E-state index contributed by atoms with van der Waals surface area (Å²) in [5.74, 6) is 0.330. The van der Waals surface area contributed by atoms with Crippen LogP contribution in [0.5, 0.6) is 5.75 Å². The van der Waals surface area contributed by atoms with E-state index in [1.54, 1.807) is 25.3 Å². The minimum absolute atomic E-state index is 0.107. The summed E-state index contributed by atoms with van der Waals surface area (Å²) in [4.78, 5) is 23.6. The highest BCUT2D eigenvalue weighted by atomic mass is 35.5. The highest BCUT2D eigenvalue weighted by Crippen LogP contribution is 2.27. The van der Waals surface area contributed by atoms with E-state index in [1.807, 2.05) is 7.05 Å². The molecule has 9 heteroatoms. The third-order valence-corrected chi connectivity index (χ3v) is 4.10. The molecule has 1 atom stereocenters. The minimum atomic E-state index is -0.588. The van der Waals surface area contributed by atoms with Gasteiger partial charge in [0.05, 0.1) is 19.1 Å².